The van der Waals surface area contributed by atoms with Crippen molar-refractivity contribution in [2.75, 3.05) is 13.7 Å². The monoisotopic (exact) mass is 831 g/mol. The summed E-state index contributed by atoms with van der Waals surface area (Å²) < 4.78 is 15.6. The molecule has 14 nitrogen and oxygen atoms in total. The molecule has 18 heteroatoms. The number of methoxy groups -OCH3 is 1. The third kappa shape index (κ3) is 10.1. The van der Waals surface area contributed by atoms with Crippen molar-refractivity contribution in [2.45, 2.75) is 52.9 Å². The van der Waals surface area contributed by atoms with Crippen LogP contribution < -0.4 is 10.6 Å². The molecule has 2 amide bonds. The molecule has 6 rings (SSSR count). The first-order valence-corrected chi connectivity index (χ1v) is 20.7. The highest BCUT2D eigenvalue weighted by Gasteiger charge is 2.25. The fourth-order valence-corrected chi connectivity index (χ4v) is 8.49. The van der Waals surface area contributed by atoms with Gasteiger partial charge < -0.3 is 24.8 Å². The number of hydrogen-bond acceptors (Lipinski definition) is 16. The van der Waals surface area contributed by atoms with Crippen LogP contribution in [0.1, 0.15) is 72.2 Å². The van der Waals surface area contributed by atoms with E-state index in [1.165, 1.54) is 52.5 Å². The summed E-state index contributed by atoms with van der Waals surface area (Å²) in [6, 6.07) is 12.6. The standard InChI is InChI=1S/C38H37N7O7S4/c1-20(2)29(45-28(46)14-39-37(49)52-38(3,4)5)34-42-25(17-56-34)33-41-24(16-54-33)30-22(12-13-23(40-30)32-44-26(18-55-32)35(47)50-6)31-43-27(19-53-31)36(48)51-15-21-10-8-7-9-11-21/h7-13,16-20,29H,14-15H2,1-6H3,(H,39,49)(H,45,46)/t29-/m0/s1. The maximum atomic E-state index is 13.0. The lowest BCUT2D eigenvalue weighted by atomic mass is 10.1. The van der Waals surface area contributed by atoms with Crippen molar-refractivity contribution >= 4 is 69.3 Å². The van der Waals surface area contributed by atoms with E-state index in [1.54, 1.807) is 37.6 Å². The second-order valence-electron chi connectivity index (χ2n) is 13.5. The Morgan fingerprint density at radius 2 is 1.39 bits per heavy atom. The fraction of sp³-hybridized carbons (Fsp3) is 0.289. The molecule has 0 bridgehead atoms. The van der Waals surface area contributed by atoms with E-state index in [9.17, 15) is 19.2 Å². The first-order valence-electron chi connectivity index (χ1n) is 17.2. The van der Waals surface area contributed by atoms with E-state index in [1.807, 2.05) is 61.0 Å². The van der Waals surface area contributed by atoms with E-state index in [-0.39, 0.29) is 36.4 Å². The molecule has 0 radical (unpaired) electrons. The lowest BCUT2D eigenvalue weighted by Gasteiger charge is -2.21. The van der Waals surface area contributed by atoms with Crippen LogP contribution in [0.5, 0.6) is 0 Å². The van der Waals surface area contributed by atoms with Crippen molar-refractivity contribution in [3.63, 3.8) is 0 Å². The predicted octanol–water partition coefficient (Wildman–Crippen LogP) is 8.06. The van der Waals surface area contributed by atoms with Crippen LogP contribution in [0.15, 0.2) is 64.0 Å². The smallest absolute Gasteiger partial charge is 0.408 e. The summed E-state index contributed by atoms with van der Waals surface area (Å²) in [6.45, 7) is 9.05. The second-order valence-corrected chi connectivity index (χ2v) is 16.9. The summed E-state index contributed by atoms with van der Waals surface area (Å²) in [4.78, 5) is 73.7. The number of carbonyl (C=O) groups excluding carboxylic acids is 4. The summed E-state index contributed by atoms with van der Waals surface area (Å²) in [5.41, 5.74) is 3.28. The summed E-state index contributed by atoms with van der Waals surface area (Å²) in [5, 5.41) is 14.8. The van der Waals surface area contributed by atoms with E-state index in [0.717, 1.165) is 5.56 Å². The van der Waals surface area contributed by atoms with Gasteiger partial charge in [-0.3, -0.25) is 4.79 Å². The van der Waals surface area contributed by atoms with Gasteiger partial charge in [-0.1, -0.05) is 44.2 Å². The molecule has 5 aromatic heterocycles. The SMILES string of the molecule is COC(=O)c1csc(-c2ccc(-c3nc(C(=O)OCc4ccccc4)cs3)c(-c3csc(-c4csc([C@@H](NC(=O)CNC(=O)OC(C)(C)C)C(C)C)n4)n3)n2)n1. The minimum atomic E-state index is -0.686. The van der Waals surface area contributed by atoms with Gasteiger partial charge in [0.25, 0.3) is 0 Å². The first-order chi connectivity index (χ1) is 26.8. The van der Waals surface area contributed by atoms with Gasteiger partial charge in [0.15, 0.2) is 11.4 Å². The molecule has 0 saturated carbocycles. The molecule has 1 aromatic carbocycles. The number of amides is 2. The summed E-state index contributed by atoms with van der Waals surface area (Å²) in [5.74, 6) is -1.49. The third-order valence-corrected chi connectivity index (χ3v) is 11.2. The molecule has 290 valence electrons. The van der Waals surface area contributed by atoms with Crippen LogP contribution in [-0.4, -0.2) is 68.1 Å². The van der Waals surface area contributed by atoms with E-state index in [2.05, 4.69) is 20.6 Å². The minimum Gasteiger partial charge on any atom is -0.464 e. The number of benzene rings is 1. The van der Waals surface area contributed by atoms with Crippen LogP contribution in [0.2, 0.25) is 0 Å². The van der Waals surface area contributed by atoms with Crippen LogP contribution in [-0.2, 0) is 25.6 Å². The average Bonchev–Trinajstić information content (AvgIpc) is 4.01. The van der Waals surface area contributed by atoms with Crippen molar-refractivity contribution in [1.82, 2.24) is 35.6 Å². The van der Waals surface area contributed by atoms with Gasteiger partial charge in [-0.15, -0.1) is 45.3 Å². The molecule has 0 aliphatic heterocycles. The lowest BCUT2D eigenvalue weighted by Crippen LogP contribution is -2.41. The number of ether oxygens (including phenoxy) is 3. The molecule has 5 heterocycles. The van der Waals surface area contributed by atoms with Gasteiger partial charge in [-0.25, -0.2) is 39.3 Å². The highest BCUT2D eigenvalue weighted by molar-refractivity contribution is 7.14. The molecule has 0 fully saturated rings. The zero-order chi connectivity index (χ0) is 40.0. The Labute approximate surface area is 338 Å². The molecular weight excluding hydrogens is 795 g/mol. The van der Waals surface area contributed by atoms with Crippen molar-refractivity contribution < 1.29 is 33.4 Å². The number of thiazole rings is 4. The number of rotatable bonds is 13. The molecule has 0 spiro atoms. The predicted molar refractivity (Wildman–Crippen MR) is 216 cm³/mol. The van der Waals surface area contributed by atoms with E-state index >= 15 is 0 Å². The van der Waals surface area contributed by atoms with Crippen molar-refractivity contribution in [3.8, 4) is 43.4 Å². The maximum absolute atomic E-state index is 13.0. The molecule has 6 aromatic rings. The Morgan fingerprint density at radius 3 is 2.11 bits per heavy atom. The van der Waals surface area contributed by atoms with Crippen LogP contribution in [0, 0.1) is 5.92 Å². The van der Waals surface area contributed by atoms with E-state index in [0.29, 0.717) is 48.4 Å². The van der Waals surface area contributed by atoms with Gasteiger partial charge in [0.05, 0.1) is 18.8 Å². The molecule has 56 heavy (non-hydrogen) atoms. The van der Waals surface area contributed by atoms with Crippen LogP contribution in [0.3, 0.4) is 0 Å². The number of aromatic nitrogens is 5. The highest BCUT2D eigenvalue weighted by atomic mass is 32.1. The topological polar surface area (TPSA) is 184 Å². The van der Waals surface area contributed by atoms with Gasteiger partial charge >= 0.3 is 18.0 Å². The molecule has 0 saturated heterocycles. The van der Waals surface area contributed by atoms with Gasteiger partial charge in [-0.05, 0) is 44.4 Å². The molecule has 0 unspecified atom stereocenters. The zero-order valence-electron chi connectivity index (χ0n) is 31.1. The fourth-order valence-electron chi connectivity index (χ4n) is 5.06. The molecule has 1 atom stereocenters. The second kappa shape index (κ2) is 17.6. The largest absolute Gasteiger partial charge is 0.464 e. The van der Waals surface area contributed by atoms with E-state index in [4.69, 9.17) is 29.2 Å². The summed E-state index contributed by atoms with van der Waals surface area (Å²) >= 11 is 5.29. The van der Waals surface area contributed by atoms with Gasteiger partial charge in [0, 0.05) is 27.1 Å². The summed E-state index contributed by atoms with van der Waals surface area (Å²) in [6.07, 6.45) is -0.678. The number of nitrogens with zero attached hydrogens (tertiary/aromatic N) is 5. The Kier molecular flexibility index (Phi) is 12.6. The third-order valence-electron chi connectivity index (χ3n) is 7.70. The van der Waals surface area contributed by atoms with Crippen LogP contribution in [0.25, 0.3) is 43.4 Å². The van der Waals surface area contributed by atoms with Crippen LogP contribution >= 0.6 is 45.3 Å². The van der Waals surface area contributed by atoms with Gasteiger partial charge in [-0.2, -0.15) is 0 Å². The zero-order valence-corrected chi connectivity index (χ0v) is 34.4. The Morgan fingerprint density at radius 1 is 0.732 bits per heavy atom. The maximum Gasteiger partial charge on any atom is 0.408 e. The molecule has 0 aliphatic rings. The number of alkyl carbamates (subject to hydrolysis) is 1. The highest BCUT2D eigenvalue weighted by Crippen LogP contribution is 2.38. The Hall–Kier alpha value is -5.43. The molecule has 2 N–H and O–H groups in total. The van der Waals surface area contributed by atoms with Crippen LogP contribution in [0.4, 0.5) is 4.79 Å². The quantitative estimate of drug-likeness (QED) is 0.0844. The van der Waals surface area contributed by atoms with E-state index < -0.39 is 29.7 Å². The average molecular weight is 832 g/mol. The summed E-state index contributed by atoms with van der Waals surface area (Å²) in [7, 11) is 1.29. The number of carbonyl (C=O) groups is 4. The van der Waals surface area contributed by atoms with Gasteiger partial charge in [0.2, 0.25) is 5.91 Å². The normalized spacial score (nSPS) is 11.9. The number of pyridine rings is 1. The first kappa shape index (κ1) is 40.2. The molecular formula is C38H37N7O7S4. The lowest BCUT2D eigenvalue weighted by molar-refractivity contribution is -0.121. The minimum absolute atomic E-state index is 0.00908. The number of esters is 2. The Bertz CT molecular complexity index is 2340. The van der Waals surface area contributed by atoms with Crippen molar-refractivity contribution in [1.29, 1.82) is 0 Å². The van der Waals surface area contributed by atoms with Crippen molar-refractivity contribution in [3.05, 3.63) is 85.9 Å². The number of hydrogen-bond donors (Lipinski definition) is 2. The molecule has 0 aliphatic carbocycles. The van der Waals surface area contributed by atoms with Gasteiger partial charge in [0.1, 0.15) is 55.9 Å². The Balaban J connectivity index is 1.26. The van der Waals surface area contributed by atoms with Crippen molar-refractivity contribution in [2.24, 2.45) is 5.92 Å². The number of nitrogens with one attached hydrogen (secondary N) is 2.